The van der Waals surface area contributed by atoms with Crippen LogP contribution in [0.1, 0.15) is 31.7 Å². The smallest absolute Gasteiger partial charge is 0.242 e. The summed E-state index contributed by atoms with van der Waals surface area (Å²) in [5.41, 5.74) is 0.878. The Balaban J connectivity index is 2.17. The molecule has 0 aromatic heterocycles. The average molecular weight is 341 g/mol. The number of hydrogen-bond donors (Lipinski definition) is 1. The lowest BCUT2D eigenvalue weighted by Crippen LogP contribution is -2.47. The van der Waals surface area contributed by atoms with E-state index in [4.69, 9.17) is 11.6 Å². The van der Waals surface area contributed by atoms with Gasteiger partial charge < -0.3 is 10.2 Å². The van der Waals surface area contributed by atoms with Crippen molar-refractivity contribution in [3.05, 3.63) is 34.9 Å². The number of hydrogen-bond acceptors (Lipinski definition) is 3. The maximum absolute atomic E-state index is 12.3. The Kier molecular flexibility index (Phi) is 5.75. The van der Waals surface area contributed by atoms with Crippen LogP contribution in [-0.2, 0) is 9.59 Å². The van der Waals surface area contributed by atoms with Crippen molar-refractivity contribution < 1.29 is 9.59 Å². The van der Waals surface area contributed by atoms with E-state index in [-0.39, 0.29) is 17.2 Å². The molecule has 0 spiro atoms. The molecular weight excluding hydrogens is 320 g/mol. The average Bonchev–Trinajstić information content (AvgIpc) is 2.86. The maximum Gasteiger partial charge on any atom is 0.242 e. The van der Waals surface area contributed by atoms with Gasteiger partial charge in [0.1, 0.15) is 11.4 Å². The largest absolute Gasteiger partial charge is 0.354 e. The van der Waals surface area contributed by atoms with Crippen molar-refractivity contribution in [1.82, 2.24) is 10.2 Å². The van der Waals surface area contributed by atoms with Gasteiger partial charge >= 0.3 is 0 Å². The second-order valence-electron chi connectivity index (χ2n) is 5.80. The monoisotopic (exact) mass is 340 g/mol. The highest BCUT2D eigenvalue weighted by molar-refractivity contribution is 8.00. The standard InChI is InChI=1S/C16H21ClN2O2S/c1-10(2)8-18-15(21)11(3)19-14(20)9-22-16(19)12-6-4-5-7-13(12)17/h4-7,10-11,16H,8-9H2,1-3H3,(H,18,21). The number of carbonyl (C=O) groups is 2. The summed E-state index contributed by atoms with van der Waals surface area (Å²) in [5, 5.41) is 3.30. The van der Waals surface area contributed by atoms with Crippen LogP contribution in [0.3, 0.4) is 0 Å². The lowest BCUT2D eigenvalue weighted by atomic mass is 10.1. The second-order valence-corrected chi connectivity index (χ2v) is 7.28. The maximum atomic E-state index is 12.3. The van der Waals surface area contributed by atoms with Crippen molar-refractivity contribution in [2.75, 3.05) is 12.3 Å². The molecule has 1 fully saturated rings. The molecular formula is C16H21ClN2O2S. The molecule has 4 nitrogen and oxygen atoms in total. The van der Waals surface area contributed by atoms with Gasteiger partial charge in [-0.15, -0.1) is 11.8 Å². The zero-order valence-electron chi connectivity index (χ0n) is 13.0. The van der Waals surface area contributed by atoms with Gasteiger partial charge in [-0.2, -0.15) is 0 Å². The van der Waals surface area contributed by atoms with Gasteiger partial charge in [0.2, 0.25) is 11.8 Å². The van der Waals surface area contributed by atoms with E-state index in [2.05, 4.69) is 5.32 Å². The first-order valence-electron chi connectivity index (χ1n) is 7.36. The molecule has 0 bridgehead atoms. The molecule has 2 unspecified atom stereocenters. The van der Waals surface area contributed by atoms with E-state index >= 15 is 0 Å². The summed E-state index contributed by atoms with van der Waals surface area (Å²) in [7, 11) is 0. The van der Waals surface area contributed by atoms with Crippen LogP contribution in [-0.4, -0.2) is 35.1 Å². The van der Waals surface area contributed by atoms with Gasteiger partial charge in [0.25, 0.3) is 0 Å². The van der Waals surface area contributed by atoms with Crippen LogP contribution in [0.4, 0.5) is 0 Å². The number of nitrogens with one attached hydrogen (secondary N) is 1. The molecule has 1 saturated heterocycles. The Morgan fingerprint density at radius 2 is 2.09 bits per heavy atom. The van der Waals surface area contributed by atoms with Crippen molar-refractivity contribution in [3.63, 3.8) is 0 Å². The van der Waals surface area contributed by atoms with Gasteiger partial charge in [-0.1, -0.05) is 43.6 Å². The van der Waals surface area contributed by atoms with E-state index in [0.29, 0.717) is 23.2 Å². The number of thioether (sulfide) groups is 1. The molecule has 1 heterocycles. The number of benzene rings is 1. The summed E-state index contributed by atoms with van der Waals surface area (Å²) in [6, 6.07) is 6.96. The van der Waals surface area contributed by atoms with E-state index in [1.54, 1.807) is 11.8 Å². The minimum Gasteiger partial charge on any atom is -0.354 e. The summed E-state index contributed by atoms with van der Waals surface area (Å²) in [4.78, 5) is 26.2. The number of halogens is 1. The van der Waals surface area contributed by atoms with Gasteiger partial charge in [0, 0.05) is 17.1 Å². The van der Waals surface area contributed by atoms with Crippen molar-refractivity contribution in [2.45, 2.75) is 32.2 Å². The van der Waals surface area contributed by atoms with Gasteiger partial charge in [0.15, 0.2) is 0 Å². The number of rotatable bonds is 5. The van der Waals surface area contributed by atoms with Crippen LogP contribution < -0.4 is 5.32 Å². The fourth-order valence-corrected chi connectivity index (χ4v) is 3.95. The highest BCUT2D eigenvalue weighted by Gasteiger charge is 2.39. The molecule has 1 N–H and O–H groups in total. The summed E-state index contributed by atoms with van der Waals surface area (Å²) in [6.45, 7) is 6.45. The molecule has 2 amide bonds. The van der Waals surface area contributed by atoms with Gasteiger partial charge in [-0.3, -0.25) is 9.59 Å². The molecule has 1 aliphatic heterocycles. The van der Waals surface area contributed by atoms with Gasteiger partial charge in [-0.05, 0) is 18.9 Å². The first kappa shape index (κ1) is 17.2. The van der Waals surface area contributed by atoms with Crippen LogP contribution in [0.5, 0.6) is 0 Å². The summed E-state index contributed by atoms with van der Waals surface area (Å²) in [6.07, 6.45) is 0. The Bertz CT molecular complexity index is 565. The molecule has 22 heavy (non-hydrogen) atoms. The van der Waals surface area contributed by atoms with Crippen LogP contribution in [0, 0.1) is 5.92 Å². The lowest BCUT2D eigenvalue weighted by molar-refractivity contribution is -0.137. The third-order valence-electron chi connectivity index (χ3n) is 3.56. The fourth-order valence-electron chi connectivity index (χ4n) is 2.35. The van der Waals surface area contributed by atoms with E-state index < -0.39 is 6.04 Å². The van der Waals surface area contributed by atoms with Crippen molar-refractivity contribution in [2.24, 2.45) is 5.92 Å². The topological polar surface area (TPSA) is 49.4 Å². The molecule has 120 valence electrons. The first-order chi connectivity index (χ1) is 10.4. The Hall–Kier alpha value is -1.20. The predicted molar refractivity (Wildman–Crippen MR) is 90.8 cm³/mol. The normalized spacial score (nSPS) is 19.6. The quantitative estimate of drug-likeness (QED) is 0.896. The minimum absolute atomic E-state index is 0.0258. The van der Waals surface area contributed by atoms with Crippen LogP contribution in [0.2, 0.25) is 5.02 Å². The lowest BCUT2D eigenvalue weighted by Gasteiger charge is -2.30. The highest BCUT2D eigenvalue weighted by Crippen LogP contribution is 2.42. The van der Waals surface area contributed by atoms with E-state index in [1.807, 2.05) is 38.1 Å². The van der Waals surface area contributed by atoms with Gasteiger partial charge in [-0.25, -0.2) is 0 Å². The molecule has 0 saturated carbocycles. The molecule has 2 rings (SSSR count). The highest BCUT2D eigenvalue weighted by atomic mass is 35.5. The summed E-state index contributed by atoms with van der Waals surface area (Å²) in [5.74, 6) is 0.598. The second kappa shape index (κ2) is 7.38. The van der Waals surface area contributed by atoms with Crippen LogP contribution >= 0.6 is 23.4 Å². The Morgan fingerprint density at radius 3 is 2.73 bits per heavy atom. The van der Waals surface area contributed by atoms with Crippen LogP contribution in [0.25, 0.3) is 0 Å². The first-order valence-corrected chi connectivity index (χ1v) is 8.79. The molecule has 0 radical (unpaired) electrons. The van der Waals surface area contributed by atoms with E-state index in [1.165, 1.54) is 11.8 Å². The summed E-state index contributed by atoms with van der Waals surface area (Å²) < 4.78 is 0. The minimum atomic E-state index is -0.512. The number of amides is 2. The predicted octanol–water partition coefficient (Wildman–Crippen LogP) is 3.07. The molecule has 2 atom stereocenters. The fraction of sp³-hybridized carbons (Fsp3) is 0.500. The zero-order chi connectivity index (χ0) is 16.3. The molecule has 1 aliphatic rings. The molecule has 6 heteroatoms. The van der Waals surface area contributed by atoms with Crippen molar-refractivity contribution >= 4 is 35.2 Å². The summed E-state index contributed by atoms with van der Waals surface area (Å²) >= 11 is 7.76. The Morgan fingerprint density at radius 1 is 1.41 bits per heavy atom. The van der Waals surface area contributed by atoms with E-state index in [9.17, 15) is 9.59 Å². The third kappa shape index (κ3) is 3.76. The van der Waals surface area contributed by atoms with Crippen molar-refractivity contribution in [1.29, 1.82) is 0 Å². The van der Waals surface area contributed by atoms with Crippen LogP contribution in [0.15, 0.2) is 24.3 Å². The third-order valence-corrected chi connectivity index (χ3v) is 5.11. The van der Waals surface area contributed by atoms with Crippen molar-refractivity contribution in [3.8, 4) is 0 Å². The SMILES string of the molecule is CC(C)CNC(=O)C(C)N1C(=O)CSC1c1ccccc1Cl. The molecule has 1 aromatic rings. The zero-order valence-corrected chi connectivity index (χ0v) is 14.6. The Labute approximate surface area is 140 Å². The molecule has 1 aromatic carbocycles. The number of nitrogens with zero attached hydrogens (tertiary/aromatic N) is 1. The number of carbonyl (C=O) groups excluding carboxylic acids is 2. The van der Waals surface area contributed by atoms with Gasteiger partial charge in [0.05, 0.1) is 5.75 Å². The van der Waals surface area contributed by atoms with E-state index in [0.717, 1.165) is 5.56 Å². The molecule has 0 aliphatic carbocycles.